The number of carbonyl (C=O) groups is 1. The number of thioether (sulfide) groups is 1. The van der Waals surface area contributed by atoms with E-state index in [2.05, 4.69) is 4.98 Å². The zero-order valence-electron chi connectivity index (χ0n) is 21.3. The summed E-state index contributed by atoms with van der Waals surface area (Å²) in [6, 6.07) is 31.3. The summed E-state index contributed by atoms with van der Waals surface area (Å²) in [5.41, 5.74) is 5.59. The van der Waals surface area contributed by atoms with Crippen molar-refractivity contribution in [2.24, 2.45) is 5.10 Å². The number of hydrogen-bond donors (Lipinski definition) is 1. The molecule has 3 heterocycles. The minimum Gasteiger partial charge on any atom is -0.497 e. The van der Waals surface area contributed by atoms with Gasteiger partial charge in [0.25, 0.3) is 5.91 Å². The van der Waals surface area contributed by atoms with Crippen LogP contribution in [0.1, 0.15) is 23.8 Å². The van der Waals surface area contributed by atoms with Crippen molar-refractivity contribution in [3.8, 4) is 28.3 Å². The molecule has 3 aromatic carbocycles. The van der Waals surface area contributed by atoms with Gasteiger partial charge in [0.1, 0.15) is 17.6 Å². The average Bonchev–Trinajstić information content (AvgIpc) is 3.77. The lowest BCUT2D eigenvalue weighted by molar-refractivity contribution is -0.130. The van der Waals surface area contributed by atoms with Crippen LogP contribution >= 0.6 is 11.8 Å². The number of imidazole rings is 1. The van der Waals surface area contributed by atoms with Crippen molar-refractivity contribution in [3.05, 3.63) is 115 Å². The average molecular weight is 535 g/mol. The molecule has 0 aliphatic carbocycles. The highest BCUT2D eigenvalue weighted by Gasteiger charge is 2.35. The fourth-order valence-electron chi connectivity index (χ4n) is 4.64. The topological polar surface area (TPSA) is 83.7 Å². The SMILES string of the molecule is COc1ccc(C2=NN(C(=O)CSc3nc(-c4ccccc4)c(-c4ccccc4)[nH]3)[C@@H](c3ccco3)C2)cc1. The number of hydrazone groups is 1. The monoisotopic (exact) mass is 534 g/mol. The second kappa shape index (κ2) is 11.0. The first-order valence-electron chi connectivity index (χ1n) is 12.6. The van der Waals surface area contributed by atoms with Crippen LogP contribution in [0.4, 0.5) is 0 Å². The molecule has 1 aliphatic rings. The van der Waals surface area contributed by atoms with Crippen LogP contribution in [-0.4, -0.2) is 39.5 Å². The smallest absolute Gasteiger partial charge is 0.253 e. The zero-order chi connectivity index (χ0) is 26.6. The number of benzene rings is 3. The number of nitrogens with zero attached hydrogens (tertiary/aromatic N) is 3. The first-order valence-corrected chi connectivity index (χ1v) is 13.6. The van der Waals surface area contributed by atoms with E-state index in [4.69, 9.17) is 19.2 Å². The number of carbonyl (C=O) groups excluding carboxylic acids is 1. The van der Waals surface area contributed by atoms with Crippen molar-refractivity contribution >= 4 is 23.4 Å². The first-order chi connectivity index (χ1) is 19.2. The fraction of sp³-hybridized carbons (Fsp3) is 0.129. The van der Waals surface area contributed by atoms with Gasteiger partial charge in [0.2, 0.25) is 0 Å². The number of rotatable bonds is 8. The van der Waals surface area contributed by atoms with Crippen LogP contribution in [0.2, 0.25) is 0 Å². The maximum atomic E-state index is 13.5. The lowest BCUT2D eigenvalue weighted by Gasteiger charge is -2.19. The zero-order valence-corrected chi connectivity index (χ0v) is 22.1. The molecule has 0 saturated carbocycles. The lowest BCUT2D eigenvalue weighted by Crippen LogP contribution is -2.28. The van der Waals surface area contributed by atoms with E-state index in [1.807, 2.05) is 97.1 Å². The van der Waals surface area contributed by atoms with Gasteiger partial charge in [0, 0.05) is 17.5 Å². The van der Waals surface area contributed by atoms with Crippen molar-refractivity contribution in [2.45, 2.75) is 17.6 Å². The Bertz CT molecular complexity index is 1520. The summed E-state index contributed by atoms with van der Waals surface area (Å²) in [5, 5.41) is 6.96. The molecule has 1 aliphatic heterocycles. The largest absolute Gasteiger partial charge is 0.497 e. The van der Waals surface area contributed by atoms with Crippen LogP contribution < -0.4 is 4.74 Å². The Balaban J connectivity index is 1.25. The summed E-state index contributed by atoms with van der Waals surface area (Å²) in [5.74, 6) is 1.53. The van der Waals surface area contributed by atoms with Crippen molar-refractivity contribution in [1.29, 1.82) is 0 Å². The summed E-state index contributed by atoms with van der Waals surface area (Å²) in [7, 11) is 1.64. The quantitative estimate of drug-likeness (QED) is 0.221. The number of H-pyrrole nitrogens is 1. The van der Waals surface area contributed by atoms with E-state index in [1.165, 1.54) is 11.8 Å². The van der Waals surface area contributed by atoms with Gasteiger partial charge in [-0.2, -0.15) is 5.10 Å². The molecule has 0 fully saturated rings. The molecule has 0 bridgehead atoms. The molecular weight excluding hydrogens is 508 g/mol. The first kappa shape index (κ1) is 24.8. The highest BCUT2D eigenvalue weighted by molar-refractivity contribution is 7.99. The second-order valence-electron chi connectivity index (χ2n) is 9.04. The minimum atomic E-state index is -0.304. The molecule has 194 valence electrons. The summed E-state index contributed by atoms with van der Waals surface area (Å²) < 4.78 is 11.0. The molecule has 7 nitrogen and oxygen atoms in total. The van der Waals surface area contributed by atoms with Crippen LogP contribution in [0, 0.1) is 0 Å². The standard InChI is InChI=1S/C31H26N4O3S/c1-37-24-16-14-21(15-17-24)25-19-26(27-13-8-18-38-27)35(34-25)28(36)20-39-31-32-29(22-9-4-2-5-10-22)30(33-31)23-11-6-3-7-12-23/h2-18,26H,19-20H2,1H3,(H,32,33)/t26-/m1/s1. The van der Waals surface area contributed by atoms with E-state index in [0.29, 0.717) is 17.3 Å². The van der Waals surface area contributed by atoms with E-state index in [9.17, 15) is 4.79 Å². The number of hydrogen-bond acceptors (Lipinski definition) is 6. The third kappa shape index (κ3) is 5.24. The molecule has 0 radical (unpaired) electrons. The van der Waals surface area contributed by atoms with Gasteiger partial charge in [-0.05, 0) is 42.0 Å². The van der Waals surface area contributed by atoms with Crippen LogP contribution in [-0.2, 0) is 4.79 Å². The third-order valence-electron chi connectivity index (χ3n) is 6.58. The van der Waals surface area contributed by atoms with Crippen LogP contribution in [0.15, 0.2) is 118 Å². The molecule has 5 aromatic rings. The highest BCUT2D eigenvalue weighted by atomic mass is 32.2. The maximum absolute atomic E-state index is 13.5. The Kier molecular flexibility index (Phi) is 7.01. The van der Waals surface area contributed by atoms with Crippen LogP contribution in [0.3, 0.4) is 0 Å². The molecule has 1 amide bonds. The van der Waals surface area contributed by atoms with Gasteiger partial charge in [-0.15, -0.1) is 0 Å². The van der Waals surface area contributed by atoms with E-state index >= 15 is 0 Å². The molecule has 1 N–H and O–H groups in total. The van der Waals surface area contributed by atoms with Crippen molar-refractivity contribution < 1.29 is 13.9 Å². The summed E-state index contributed by atoms with van der Waals surface area (Å²) >= 11 is 1.37. The summed E-state index contributed by atoms with van der Waals surface area (Å²) in [6.45, 7) is 0. The van der Waals surface area contributed by atoms with Gasteiger partial charge >= 0.3 is 0 Å². The van der Waals surface area contributed by atoms with Crippen LogP contribution in [0.25, 0.3) is 22.5 Å². The molecule has 39 heavy (non-hydrogen) atoms. The molecule has 0 spiro atoms. The number of aromatic nitrogens is 2. The number of aromatic amines is 1. The van der Waals surface area contributed by atoms with E-state index in [-0.39, 0.29) is 17.7 Å². The van der Waals surface area contributed by atoms with E-state index in [1.54, 1.807) is 18.4 Å². The van der Waals surface area contributed by atoms with Gasteiger partial charge < -0.3 is 14.1 Å². The van der Waals surface area contributed by atoms with E-state index in [0.717, 1.165) is 39.5 Å². The number of nitrogens with one attached hydrogen (secondary N) is 1. The Hall–Kier alpha value is -4.56. The van der Waals surface area contributed by atoms with Crippen molar-refractivity contribution in [1.82, 2.24) is 15.0 Å². The fourth-order valence-corrected chi connectivity index (χ4v) is 5.36. The lowest BCUT2D eigenvalue weighted by atomic mass is 10.0. The van der Waals surface area contributed by atoms with Gasteiger partial charge in [-0.25, -0.2) is 9.99 Å². The van der Waals surface area contributed by atoms with Crippen LogP contribution in [0.5, 0.6) is 5.75 Å². The molecule has 6 rings (SSSR count). The van der Waals surface area contributed by atoms with Crippen molar-refractivity contribution in [2.75, 3.05) is 12.9 Å². The molecular formula is C31H26N4O3S. The van der Waals surface area contributed by atoms with Gasteiger partial charge in [-0.1, -0.05) is 72.4 Å². The van der Waals surface area contributed by atoms with Gasteiger partial charge in [0.05, 0.1) is 36.2 Å². The van der Waals surface area contributed by atoms with Crippen molar-refractivity contribution in [3.63, 3.8) is 0 Å². The molecule has 8 heteroatoms. The summed E-state index contributed by atoms with van der Waals surface area (Å²) in [4.78, 5) is 21.8. The Morgan fingerprint density at radius 1 is 0.949 bits per heavy atom. The Morgan fingerprint density at radius 3 is 2.33 bits per heavy atom. The van der Waals surface area contributed by atoms with E-state index < -0.39 is 0 Å². The predicted molar refractivity (Wildman–Crippen MR) is 153 cm³/mol. The second-order valence-corrected chi connectivity index (χ2v) is 10.00. The highest BCUT2D eigenvalue weighted by Crippen LogP contribution is 2.36. The van der Waals surface area contributed by atoms with Gasteiger partial charge in [0.15, 0.2) is 5.16 Å². The predicted octanol–water partition coefficient (Wildman–Crippen LogP) is 6.82. The number of amides is 1. The third-order valence-corrected chi connectivity index (χ3v) is 7.44. The molecule has 2 aromatic heterocycles. The summed E-state index contributed by atoms with van der Waals surface area (Å²) in [6.07, 6.45) is 2.19. The Morgan fingerprint density at radius 2 is 1.67 bits per heavy atom. The number of methoxy groups -OCH3 is 1. The Labute approximate surface area is 230 Å². The normalized spacial score (nSPS) is 14.8. The number of ether oxygens (including phenoxy) is 1. The number of furan rings is 1. The maximum Gasteiger partial charge on any atom is 0.253 e. The minimum absolute atomic E-state index is 0.121. The molecule has 0 unspecified atom stereocenters. The molecule has 0 saturated heterocycles. The molecule has 1 atom stereocenters. The van der Waals surface area contributed by atoms with Gasteiger partial charge in [-0.3, -0.25) is 4.79 Å².